The molecule has 2 atom stereocenters. The van der Waals surface area contributed by atoms with Gasteiger partial charge in [-0.3, -0.25) is 9.69 Å². The Morgan fingerprint density at radius 1 is 0.700 bits per heavy atom. The van der Waals surface area contributed by atoms with Crippen molar-refractivity contribution in [2.45, 2.75) is 139 Å². The molecule has 16 heteroatoms. The summed E-state index contributed by atoms with van der Waals surface area (Å²) in [6.45, 7) is 52.6. The van der Waals surface area contributed by atoms with Crippen LogP contribution in [0.3, 0.4) is 0 Å². The van der Waals surface area contributed by atoms with Crippen molar-refractivity contribution in [1.29, 1.82) is 0 Å². The molecule has 5 rings (SSSR count). The minimum absolute atomic E-state index is 0.0676. The van der Waals surface area contributed by atoms with Crippen LogP contribution in [0, 0.1) is 41.5 Å². The molecule has 70 heavy (non-hydrogen) atoms. The molecule has 0 aliphatic carbocycles. The van der Waals surface area contributed by atoms with E-state index in [1.165, 1.54) is 0 Å². The molecule has 1 saturated heterocycles. The van der Waals surface area contributed by atoms with Gasteiger partial charge in [0.2, 0.25) is 0 Å². The number of nitrogens with one attached hydrogen (secondary N) is 1. The summed E-state index contributed by atoms with van der Waals surface area (Å²) >= 11 is 12.0. The van der Waals surface area contributed by atoms with Gasteiger partial charge in [-0.15, -0.1) is 0 Å². The molecule has 1 aliphatic heterocycles. The average Bonchev–Trinajstić information content (AvgIpc) is 3.24. The Bertz CT molecular complexity index is 2490. The second-order valence-corrected chi connectivity index (χ2v) is 51.2. The van der Waals surface area contributed by atoms with Gasteiger partial charge in [0, 0.05) is 39.1 Å². The molecular weight excluding hydrogens is 1090 g/mol. The second kappa shape index (κ2) is 24.7. The number of methoxy groups -OCH3 is 2. The van der Waals surface area contributed by atoms with E-state index in [2.05, 4.69) is 102 Å². The zero-order valence-corrected chi connectivity index (χ0v) is 54.6. The first-order chi connectivity index (χ1) is 32.1. The average molecular weight is 1170 g/mol. The summed E-state index contributed by atoms with van der Waals surface area (Å²) in [6, 6.07) is 18.7. The normalized spacial score (nSPS) is 14.5. The summed E-state index contributed by atoms with van der Waals surface area (Å²) in [5.41, 5.74) is 10.6. The maximum absolute atomic E-state index is 12.4. The van der Waals surface area contributed by atoms with E-state index in [0.29, 0.717) is 21.2 Å². The molecule has 0 bridgehead atoms. The van der Waals surface area contributed by atoms with E-state index in [9.17, 15) is 9.59 Å². The Balaban J connectivity index is 0.000000282. The predicted octanol–water partition coefficient (Wildman–Crippen LogP) is 14.9. The predicted molar refractivity (Wildman–Crippen MR) is 312 cm³/mol. The topological polar surface area (TPSA) is 83.6 Å². The Morgan fingerprint density at radius 2 is 1.16 bits per heavy atom. The van der Waals surface area contributed by atoms with Crippen LogP contribution in [0.4, 0.5) is 11.4 Å². The fraction of sp³-hybridized carbons (Fsp3) is 0.444. The number of nitrogens with zero attached hydrogens (tertiary/aromatic N) is 3. The minimum atomic E-state index is -1.17. The number of benzene rings is 4. The van der Waals surface area contributed by atoms with Crippen LogP contribution in [0.15, 0.2) is 85.0 Å². The van der Waals surface area contributed by atoms with Crippen LogP contribution in [-0.4, -0.2) is 92.2 Å². The van der Waals surface area contributed by atoms with Gasteiger partial charge in [-0.25, -0.2) is 4.79 Å². The van der Waals surface area contributed by atoms with E-state index in [4.69, 9.17) is 37.4 Å². The SMILES string of the molecule is C=C(C(=O)OCC)[C@@H](Nc1cc(C)c(C)c(OC)c1)c1ccc(C)c(Cl)c1.C=C1C(=O)N(c2cc(C)c(C)c(OC)c2)[C@H]1c1ccc(C)c(Cl)c1.C[Si](C)(C)[N]([Sn][N]([Si](C)(C)C)[Si](C)(C)C)[Si](C)(C)C. The van der Waals surface area contributed by atoms with Crippen molar-refractivity contribution in [3.8, 4) is 11.5 Å². The van der Waals surface area contributed by atoms with E-state index < -0.39 is 66.6 Å². The van der Waals surface area contributed by atoms with Gasteiger partial charge in [-0.05, 0) is 117 Å². The molecule has 9 nitrogen and oxygen atoms in total. The third-order valence-corrected chi connectivity index (χ3v) is 53.2. The fourth-order valence-electron chi connectivity index (χ4n) is 8.54. The van der Waals surface area contributed by atoms with Gasteiger partial charge in [-0.1, -0.05) is 60.6 Å². The Kier molecular flexibility index (Phi) is 21.6. The van der Waals surface area contributed by atoms with E-state index in [0.717, 1.165) is 67.4 Å². The first kappa shape index (κ1) is 61.2. The quantitative estimate of drug-likeness (QED) is 0.0514. The van der Waals surface area contributed by atoms with Crippen LogP contribution in [-0.2, 0) is 14.3 Å². The summed E-state index contributed by atoms with van der Waals surface area (Å²) in [4.78, 5) is 26.5. The molecule has 1 heterocycles. The van der Waals surface area contributed by atoms with Crippen LogP contribution in [0.1, 0.15) is 63.5 Å². The van der Waals surface area contributed by atoms with Gasteiger partial charge < -0.3 is 19.5 Å². The molecule has 0 saturated carbocycles. The van der Waals surface area contributed by atoms with E-state index in [-0.39, 0.29) is 18.6 Å². The summed E-state index contributed by atoms with van der Waals surface area (Å²) in [5, 5.41) is 4.71. The zero-order valence-electron chi connectivity index (χ0n) is 46.2. The molecule has 4 aromatic rings. The number of esters is 1. The molecule has 382 valence electrons. The number of carbonyl (C=O) groups excluding carboxylic acids is 2. The van der Waals surface area contributed by atoms with Crippen molar-refractivity contribution in [2.24, 2.45) is 0 Å². The van der Waals surface area contributed by atoms with Crippen molar-refractivity contribution in [2.75, 3.05) is 31.0 Å². The van der Waals surface area contributed by atoms with Crippen molar-refractivity contribution in [1.82, 2.24) is 4.91 Å². The first-order valence-electron chi connectivity index (χ1n) is 23.9. The summed E-state index contributed by atoms with van der Waals surface area (Å²) in [7, 11) is -1.40. The molecule has 0 spiro atoms. The van der Waals surface area contributed by atoms with Gasteiger partial charge in [0.25, 0.3) is 5.91 Å². The van der Waals surface area contributed by atoms with Crippen molar-refractivity contribution >= 4 is 101 Å². The summed E-state index contributed by atoms with van der Waals surface area (Å²) < 4.78 is 22.3. The van der Waals surface area contributed by atoms with Crippen molar-refractivity contribution in [3.63, 3.8) is 0 Å². The molecule has 2 radical (unpaired) electrons. The molecule has 1 amide bonds. The molecule has 1 N–H and O–H groups in total. The number of carbonyl (C=O) groups is 2. The fourth-order valence-corrected chi connectivity index (χ4v) is 42.4. The number of hydrogen-bond acceptors (Lipinski definition) is 8. The van der Waals surface area contributed by atoms with E-state index >= 15 is 0 Å². The number of β-lactam (4-membered cyclic amide) rings is 1. The summed E-state index contributed by atoms with van der Waals surface area (Å²) in [6.07, 6.45) is 0. The Labute approximate surface area is 447 Å². The number of hydrogen-bond donors (Lipinski definition) is 1. The third kappa shape index (κ3) is 15.7. The van der Waals surface area contributed by atoms with Gasteiger partial charge in [0.15, 0.2) is 0 Å². The Morgan fingerprint density at radius 3 is 1.60 bits per heavy atom. The monoisotopic (exact) mass is 1170 g/mol. The van der Waals surface area contributed by atoms with Crippen molar-refractivity contribution < 1.29 is 23.8 Å². The van der Waals surface area contributed by atoms with Crippen LogP contribution in [0.25, 0.3) is 0 Å². The maximum atomic E-state index is 12.4. The van der Waals surface area contributed by atoms with Gasteiger partial charge in [-0.2, -0.15) is 0 Å². The van der Waals surface area contributed by atoms with Gasteiger partial charge >= 0.3 is 144 Å². The third-order valence-electron chi connectivity index (χ3n) is 12.1. The summed E-state index contributed by atoms with van der Waals surface area (Å²) in [5.74, 6) is 1.04. The number of anilines is 2. The number of halogens is 2. The molecule has 4 aromatic carbocycles. The number of rotatable bonds is 16. The molecular formula is C54H82Cl2N4O5Si4Sn. The van der Waals surface area contributed by atoms with E-state index in [1.54, 1.807) is 26.0 Å². The standard InChI is InChI=1S/C22H26ClNO3.C20H20ClNO2.2C6H18NSi2.Sn/c1-7-27-22(25)16(5)21(17-9-8-13(2)19(23)11-17)24-18-10-14(3)15(4)20(12-18)26-6;1-11-6-7-15(9-17(11)21)19-14(4)20(23)22(19)16-8-12(2)13(3)18(10-16)24-5;2*1-8(2,3)7-9(4,5)6;/h8-12,21,24H,5,7H2,1-4,6H3;6-10,19H,4H2,1-3,5H3;2*1-6H3;/q;;2*-1;+2/t21-;19-;;;/m11.../s1. The first-order valence-corrected chi connectivity index (χ1v) is 41.0. The Hall–Kier alpha value is -3.13. The number of amides is 1. The van der Waals surface area contributed by atoms with Crippen LogP contribution in [0.2, 0.25) is 88.6 Å². The molecule has 1 aliphatic rings. The van der Waals surface area contributed by atoms with E-state index in [1.807, 2.05) is 102 Å². The number of ether oxygens (including phenoxy) is 3. The van der Waals surface area contributed by atoms with Gasteiger partial charge in [0.1, 0.15) is 11.5 Å². The van der Waals surface area contributed by atoms with Crippen molar-refractivity contribution in [3.05, 3.63) is 140 Å². The molecule has 0 aromatic heterocycles. The molecule has 0 unspecified atom stereocenters. The van der Waals surface area contributed by atoms with Crippen LogP contribution in [0.5, 0.6) is 11.5 Å². The zero-order chi connectivity index (χ0) is 53.6. The van der Waals surface area contributed by atoms with Crippen LogP contribution < -0.4 is 19.7 Å². The number of aryl methyl sites for hydroxylation is 4. The van der Waals surface area contributed by atoms with Crippen LogP contribution >= 0.6 is 23.2 Å². The second-order valence-electron chi connectivity index (χ2n) is 22.1. The van der Waals surface area contributed by atoms with Gasteiger partial charge in [0.05, 0.1) is 38.5 Å². The molecule has 1 fully saturated rings.